The standard InChI is InChI=1S/C26H25NO2S/c1-19-10-9-13-22(18-19)23(21-11-5-4-6-12-21)16-17-30(28,29)26-20(2)27(3)25-15-8-7-14-24(25)26/h4-16,18H,17H2,1-3H3. The molecule has 1 heterocycles. The minimum Gasteiger partial charge on any atom is -0.347 e. The molecule has 152 valence electrons. The van der Waals surface area contributed by atoms with Gasteiger partial charge in [0.25, 0.3) is 0 Å². The zero-order chi connectivity index (χ0) is 21.3. The number of aryl methyl sites for hydroxylation is 2. The topological polar surface area (TPSA) is 39.1 Å². The van der Waals surface area contributed by atoms with Crippen LogP contribution in [0.5, 0.6) is 0 Å². The Kier molecular flexibility index (Phi) is 5.35. The van der Waals surface area contributed by atoms with Crippen molar-refractivity contribution in [1.82, 2.24) is 4.57 Å². The summed E-state index contributed by atoms with van der Waals surface area (Å²) in [6.45, 7) is 3.91. The summed E-state index contributed by atoms with van der Waals surface area (Å²) in [5, 5.41) is 0.780. The van der Waals surface area contributed by atoms with Gasteiger partial charge in [-0.05, 0) is 36.6 Å². The first kappa shape index (κ1) is 20.2. The maximum Gasteiger partial charge on any atom is 0.184 e. The van der Waals surface area contributed by atoms with Gasteiger partial charge in [0.2, 0.25) is 0 Å². The second kappa shape index (κ2) is 7.96. The molecule has 0 spiro atoms. The summed E-state index contributed by atoms with van der Waals surface area (Å²) in [6, 6.07) is 25.8. The van der Waals surface area contributed by atoms with Crippen molar-refractivity contribution in [2.45, 2.75) is 18.7 Å². The lowest BCUT2D eigenvalue weighted by Gasteiger charge is -2.10. The highest BCUT2D eigenvalue weighted by Crippen LogP contribution is 2.31. The third kappa shape index (κ3) is 3.71. The zero-order valence-electron chi connectivity index (χ0n) is 17.5. The van der Waals surface area contributed by atoms with Gasteiger partial charge in [-0.2, -0.15) is 0 Å². The number of nitrogens with zero attached hydrogens (tertiary/aromatic N) is 1. The molecule has 30 heavy (non-hydrogen) atoms. The molecule has 3 aromatic carbocycles. The van der Waals surface area contributed by atoms with Crippen LogP contribution in [0.1, 0.15) is 22.4 Å². The molecule has 0 fully saturated rings. The number of hydrogen-bond donors (Lipinski definition) is 0. The highest BCUT2D eigenvalue weighted by Gasteiger charge is 2.23. The maximum absolute atomic E-state index is 13.5. The molecule has 0 N–H and O–H groups in total. The highest BCUT2D eigenvalue weighted by molar-refractivity contribution is 7.91. The van der Waals surface area contributed by atoms with Gasteiger partial charge in [-0.3, -0.25) is 0 Å². The number of aromatic nitrogens is 1. The van der Waals surface area contributed by atoms with E-state index in [1.54, 1.807) is 0 Å². The third-order valence-electron chi connectivity index (χ3n) is 5.57. The molecular formula is C26H25NO2S. The molecule has 0 aliphatic heterocycles. The fraction of sp³-hybridized carbons (Fsp3) is 0.154. The van der Waals surface area contributed by atoms with Gasteiger partial charge in [0.15, 0.2) is 9.84 Å². The summed E-state index contributed by atoms with van der Waals surface area (Å²) < 4.78 is 28.9. The van der Waals surface area contributed by atoms with Gasteiger partial charge in [0, 0.05) is 23.6 Å². The number of rotatable bonds is 5. The Labute approximate surface area is 178 Å². The molecule has 0 aliphatic carbocycles. The van der Waals surface area contributed by atoms with Gasteiger partial charge in [0.1, 0.15) is 0 Å². The van der Waals surface area contributed by atoms with Gasteiger partial charge in [-0.1, -0.05) is 84.4 Å². The van der Waals surface area contributed by atoms with Crippen molar-refractivity contribution < 1.29 is 8.42 Å². The van der Waals surface area contributed by atoms with E-state index < -0.39 is 9.84 Å². The average molecular weight is 416 g/mol. The van der Waals surface area contributed by atoms with E-state index in [-0.39, 0.29) is 5.75 Å². The minimum absolute atomic E-state index is 0.0555. The molecule has 4 rings (SSSR count). The van der Waals surface area contributed by atoms with Crippen LogP contribution >= 0.6 is 0 Å². The fourth-order valence-corrected chi connectivity index (χ4v) is 5.64. The fourth-order valence-electron chi connectivity index (χ4n) is 3.99. The predicted octanol–water partition coefficient (Wildman–Crippen LogP) is 5.70. The Balaban J connectivity index is 1.82. The summed E-state index contributed by atoms with van der Waals surface area (Å²) >= 11 is 0. The van der Waals surface area contributed by atoms with Crippen LogP contribution in [-0.4, -0.2) is 18.7 Å². The van der Waals surface area contributed by atoms with Crippen LogP contribution in [0, 0.1) is 13.8 Å². The number of sulfone groups is 1. The first-order valence-corrected chi connectivity index (χ1v) is 11.6. The summed E-state index contributed by atoms with van der Waals surface area (Å²) in [5.74, 6) is -0.0555. The lowest BCUT2D eigenvalue weighted by Crippen LogP contribution is -2.07. The quantitative estimate of drug-likeness (QED) is 0.419. The van der Waals surface area contributed by atoms with Crippen molar-refractivity contribution >= 4 is 26.3 Å². The average Bonchev–Trinajstić information content (AvgIpc) is 3.00. The van der Waals surface area contributed by atoms with Crippen molar-refractivity contribution in [3.63, 3.8) is 0 Å². The minimum atomic E-state index is -3.52. The molecule has 0 saturated heterocycles. The van der Waals surface area contributed by atoms with Gasteiger partial charge in [-0.25, -0.2) is 8.42 Å². The van der Waals surface area contributed by atoms with Crippen LogP contribution in [0.4, 0.5) is 0 Å². The van der Waals surface area contributed by atoms with Crippen LogP contribution in [0.15, 0.2) is 89.8 Å². The van der Waals surface area contributed by atoms with E-state index in [9.17, 15) is 8.42 Å². The molecule has 1 aromatic heterocycles. The predicted molar refractivity (Wildman–Crippen MR) is 124 cm³/mol. The smallest absolute Gasteiger partial charge is 0.184 e. The molecule has 4 heteroatoms. The van der Waals surface area contributed by atoms with E-state index in [1.165, 1.54) is 0 Å². The molecule has 3 nitrogen and oxygen atoms in total. The van der Waals surface area contributed by atoms with Crippen molar-refractivity contribution in [3.8, 4) is 0 Å². The van der Waals surface area contributed by atoms with E-state index in [1.807, 2.05) is 104 Å². The summed E-state index contributed by atoms with van der Waals surface area (Å²) in [4.78, 5) is 0.425. The van der Waals surface area contributed by atoms with Crippen LogP contribution in [0.2, 0.25) is 0 Å². The molecule has 0 bridgehead atoms. The number of hydrogen-bond acceptors (Lipinski definition) is 2. The van der Waals surface area contributed by atoms with Crippen molar-refractivity contribution in [2.75, 3.05) is 5.75 Å². The number of benzene rings is 3. The van der Waals surface area contributed by atoms with Gasteiger partial charge >= 0.3 is 0 Å². The Bertz CT molecular complexity index is 1350. The molecular weight excluding hydrogens is 390 g/mol. The van der Waals surface area contributed by atoms with E-state index >= 15 is 0 Å². The molecule has 0 aliphatic rings. The van der Waals surface area contributed by atoms with Crippen molar-refractivity contribution in [3.05, 3.63) is 107 Å². The Hall–Kier alpha value is -3.11. The molecule has 0 amide bonds. The summed E-state index contributed by atoms with van der Waals surface area (Å²) in [5.41, 5.74) is 5.79. The van der Waals surface area contributed by atoms with Crippen LogP contribution in [0.25, 0.3) is 16.5 Å². The largest absolute Gasteiger partial charge is 0.347 e. The maximum atomic E-state index is 13.5. The Morgan fingerprint density at radius 3 is 2.27 bits per heavy atom. The van der Waals surface area contributed by atoms with Crippen LogP contribution in [0.3, 0.4) is 0 Å². The summed E-state index contributed by atoms with van der Waals surface area (Å²) in [6.07, 6.45) is 1.85. The molecule has 0 radical (unpaired) electrons. The normalized spacial score (nSPS) is 12.4. The third-order valence-corrected chi connectivity index (χ3v) is 7.32. The van der Waals surface area contributed by atoms with Crippen LogP contribution < -0.4 is 0 Å². The molecule has 0 unspecified atom stereocenters. The SMILES string of the molecule is Cc1cccc(C(=CCS(=O)(=O)c2c(C)n(C)c3ccccc23)c2ccccc2)c1. The van der Waals surface area contributed by atoms with E-state index in [0.717, 1.165) is 38.9 Å². The molecule has 4 aromatic rings. The van der Waals surface area contributed by atoms with Crippen molar-refractivity contribution in [1.29, 1.82) is 0 Å². The Morgan fingerprint density at radius 1 is 0.867 bits per heavy atom. The number of para-hydroxylation sites is 1. The molecule has 0 saturated carbocycles. The van der Waals surface area contributed by atoms with Gasteiger partial charge < -0.3 is 4.57 Å². The van der Waals surface area contributed by atoms with Gasteiger partial charge in [-0.15, -0.1) is 0 Å². The van der Waals surface area contributed by atoms with Crippen molar-refractivity contribution in [2.24, 2.45) is 7.05 Å². The van der Waals surface area contributed by atoms with E-state index in [2.05, 4.69) is 6.07 Å². The van der Waals surface area contributed by atoms with E-state index in [0.29, 0.717) is 4.90 Å². The monoisotopic (exact) mass is 415 g/mol. The van der Waals surface area contributed by atoms with Crippen LogP contribution in [-0.2, 0) is 16.9 Å². The Morgan fingerprint density at radius 2 is 1.53 bits per heavy atom. The molecule has 0 atom stereocenters. The number of fused-ring (bicyclic) bond motifs is 1. The second-order valence-corrected chi connectivity index (χ2v) is 9.60. The lowest BCUT2D eigenvalue weighted by atomic mass is 9.97. The first-order chi connectivity index (χ1) is 14.4. The lowest BCUT2D eigenvalue weighted by molar-refractivity contribution is 0.598. The summed E-state index contributed by atoms with van der Waals surface area (Å²) in [7, 11) is -1.60. The second-order valence-electron chi connectivity index (χ2n) is 7.63. The first-order valence-electron chi connectivity index (χ1n) is 9.98. The van der Waals surface area contributed by atoms with Gasteiger partial charge in [0.05, 0.1) is 10.6 Å². The zero-order valence-corrected chi connectivity index (χ0v) is 18.3. The highest BCUT2D eigenvalue weighted by atomic mass is 32.2. The van der Waals surface area contributed by atoms with E-state index in [4.69, 9.17) is 0 Å².